The molecule has 0 aromatic rings. The summed E-state index contributed by atoms with van der Waals surface area (Å²) < 4.78 is 25.6. The standard InChI is InChI=1S/C13H20FNO3/c1-11(2,3)18-10(16)15-6-5-13-9(4-7-17-13)12(13,14)8-15/h9H,4-8H2,1-3H3/t9?,12-,13-/m0/s1. The van der Waals surface area contributed by atoms with Gasteiger partial charge in [-0.05, 0) is 33.6 Å². The monoisotopic (exact) mass is 257 g/mol. The zero-order chi connectivity index (χ0) is 13.2. The van der Waals surface area contributed by atoms with Crippen LogP contribution in [0.1, 0.15) is 33.6 Å². The summed E-state index contributed by atoms with van der Waals surface area (Å²) in [4.78, 5) is 13.4. The minimum absolute atomic E-state index is 0.0163. The van der Waals surface area contributed by atoms with E-state index in [2.05, 4.69) is 0 Å². The molecule has 0 bridgehead atoms. The summed E-state index contributed by atoms with van der Waals surface area (Å²) in [7, 11) is 0. The Labute approximate surface area is 106 Å². The number of hydrogen-bond acceptors (Lipinski definition) is 3. The molecule has 1 amide bonds. The zero-order valence-corrected chi connectivity index (χ0v) is 11.2. The van der Waals surface area contributed by atoms with Gasteiger partial charge < -0.3 is 14.4 Å². The summed E-state index contributed by atoms with van der Waals surface area (Å²) in [5, 5.41) is 0. The van der Waals surface area contributed by atoms with Crippen molar-refractivity contribution < 1.29 is 18.7 Å². The molecule has 4 nitrogen and oxygen atoms in total. The molecule has 1 saturated carbocycles. The highest BCUT2D eigenvalue weighted by Gasteiger charge is 2.83. The van der Waals surface area contributed by atoms with Crippen molar-refractivity contribution >= 4 is 6.09 Å². The molecular weight excluding hydrogens is 237 g/mol. The SMILES string of the molecule is CC(C)(C)OC(=O)N1CC[C@]23OCCC2[C@@]3(F)C1. The van der Waals surface area contributed by atoms with Crippen LogP contribution in [0, 0.1) is 5.92 Å². The predicted octanol–water partition coefficient (Wildman–Crippen LogP) is 2.12. The molecule has 3 atom stereocenters. The van der Waals surface area contributed by atoms with Crippen LogP contribution in [0.25, 0.3) is 0 Å². The van der Waals surface area contributed by atoms with Crippen LogP contribution in [-0.4, -0.2) is 47.6 Å². The summed E-state index contributed by atoms with van der Waals surface area (Å²) in [6, 6.07) is 0. The van der Waals surface area contributed by atoms with Crippen molar-refractivity contribution in [3.05, 3.63) is 0 Å². The van der Waals surface area contributed by atoms with E-state index in [-0.39, 0.29) is 12.5 Å². The van der Waals surface area contributed by atoms with Gasteiger partial charge in [-0.25, -0.2) is 9.18 Å². The number of ether oxygens (including phenoxy) is 2. The second-order valence-corrected chi connectivity index (χ2v) is 6.59. The lowest BCUT2D eigenvalue weighted by atomic mass is 10.1. The number of alkyl halides is 1. The molecule has 3 fully saturated rings. The Bertz CT molecular complexity index is 394. The van der Waals surface area contributed by atoms with Crippen molar-refractivity contribution in [1.29, 1.82) is 0 Å². The maximum atomic E-state index is 14.7. The Kier molecular flexibility index (Phi) is 2.29. The number of halogens is 1. The molecule has 1 aliphatic carbocycles. The second kappa shape index (κ2) is 3.38. The van der Waals surface area contributed by atoms with Gasteiger partial charge in [-0.1, -0.05) is 0 Å². The summed E-state index contributed by atoms with van der Waals surface area (Å²) in [6.45, 7) is 6.75. The van der Waals surface area contributed by atoms with Crippen LogP contribution in [-0.2, 0) is 9.47 Å². The van der Waals surface area contributed by atoms with E-state index in [9.17, 15) is 9.18 Å². The quantitative estimate of drug-likeness (QED) is 0.667. The molecule has 2 aliphatic heterocycles. The number of rotatable bonds is 0. The topological polar surface area (TPSA) is 38.8 Å². The van der Waals surface area contributed by atoms with Gasteiger partial charge in [0, 0.05) is 19.1 Å². The van der Waals surface area contributed by atoms with Crippen LogP contribution in [0.2, 0.25) is 0 Å². The van der Waals surface area contributed by atoms with E-state index in [0.29, 0.717) is 19.6 Å². The summed E-state index contributed by atoms with van der Waals surface area (Å²) >= 11 is 0. The number of hydrogen-bond donors (Lipinski definition) is 0. The molecule has 3 rings (SSSR count). The fourth-order valence-electron chi connectivity index (χ4n) is 3.50. The van der Waals surface area contributed by atoms with E-state index < -0.39 is 23.0 Å². The van der Waals surface area contributed by atoms with Gasteiger partial charge in [0.1, 0.15) is 11.2 Å². The van der Waals surface area contributed by atoms with E-state index in [0.717, 1.165) is 6.42 Å². The Hall–Kier alpha value is -0.840. The predicted molar refractivity (Wildman–Crippen MR) is 63.1 cm³/mol. The average Bonchev–Trinajstić information content (AvgIpc) is 2.56. The number of likely N-dealkylation sites (tertiary alicyclic amines) is 1. The van der Waals surface area contributed by atoms with Gasteiger partial charge >= 0.3 is 6.09 Å². The van der Waals surface area contributed by atoms with Gasteiger partial charge in [0.05, 0.1) is 6.54 Å². The van der Waals surface area contributed by atoms with Crippen LogP contribution in [0.4, 0.5) is 9.18 Å². The molecule has 0 aromatic heterocycles. The van der Waals surface area contributed by atoms with Gasteiger partial charge in [0.2, 0.25) is 0 Å². The average molecular weight is 257 g/mol. The Morgan fingerprint density at radius 3 is 2.89 bits per heavy atom. The van der Waals surface area contributed by atoms with Crippen LogP contribution in [0.5, 0.6) is 0 Å². The maximum absolute atomic E-state index is 14.7. The lowest BCUT2D eigenvalue weighted by Crippen LogP contribution is -2.49. The summed E-state index contributed by atoms with van der Waals surface area (Å²) in [6.07, 6.45) is 0.950. The first-order valence-corrected chi connectivity index (χ1v) is 6.59. The van der Waals surface area contributed by atoms with E-state index in [4.69, 9.17) is 9.47 Å². The molecule has 0 N–H and O–H groups in total. The minimum Gasteiger partial charge on any atom is -0.444 e. The molecule has 1 spiro atoms. The van der Waals surface area contributed by atoms with E-state index in [1.807, 2.05) is 20.8 Å². The molecule has 1 unspecified atom stereocenters. The van der Waals surface area contributed by atoms with Crippen LogP contribution >= 0.6 is 0 Å². The van der Waals surface area contributed by atoms with Crippen molar-refractivity contribution in [2.45, 2.75) is 50.5 Å². The van der Waals surface area contributed by atoms with Crippen molar-refractivity contribution in [3.8, 4) is 0 Å². The lowest BCUT2D eigenvalue weighted by Gasteiger charge is -2.34. The maximum Gasteiger partial charge on any atom is 0.410 e. The molecule has 5 heteroatoms. The number of carbonyl (C=O) groups excluding carboxylic acids is 1. The largest absolute Gasteiger partial charge is 0.444 e. The molecule has 0 aromatic carbocycles. The fourth-order valence-corrected chi connectivity index (χ4v) is 3.50. The third-order valence-corrected chi connectivity index (χ3v) is 4.33. The number of piperidine rings is 1. The van der Waals surface area contributed by atoms with Gasteiger partial charge in [-0.15, -0.1) is 0 Å². The molecule has 3 aliphatic rings. The van der Waals surface area contributed by atoms with Crippen molar-refractivity contribution in [1.82, 2.24) is 4.90 Å². The first-order chi connectivity index (χ1) is 8.29. The molecule has 2 heterocycles. The van der Waals surface area contributed by atoms with E-state index in [1.165, 1.54) is 4.90 Å². The minimum atomic E-state index is -1.33. The molecule has 0 radical (unpaired) electrons. The van der Waals surface area contributed by atoms with E-state index in [1.54, 1.807) is 0 Å². The van der Waals surface area contributed by atoms with Gasteiger partial charge in [-0.3, -0.25) is 0 Å². The van der Waals surface area contributed by atoms with Crippen LogP contribution in [0.3, 0.4) is 0 Å². The van der Waals surface area contributed by atoms with E-state index >= 15 is 0 Å². The van der Waals surface area contributed by atoms with Gasteiger partial charge in [0.15, 0.2) is 5.67 Å². The van der Waals surface area contributed by atoms with Crippen molar-refractivity contribution in [2.75, 3.05) is 19.7 Å². The highest BCUT2D eigenvalue weighted by atomic mass is 19.1. The lowest BCUT2D eigenvalue weighted by molar-refractivity contribution is -0.0480. The summed E-state index contributed by atoms with van der Waals surface area (Å²) in [5.41, 5.74) is -2.45. The number of nitrogens with zero attached hydrogens (tertiary/aromatic N) is 1. The van der Waals surface area contributed by atoms with Crippen LogP contribution < -0.4 is 0 Å². The normalized spacial score (nSPS) is 42.2. The van der Waals surface area contributed by atoms with Crippen molar-refractivity contribution in [2.24, 2.45) is 5.92 Å². The molecular formula is C13H20FNO3. The molecule has 102 valence electrons. The molecule has 18 heavy (non-hydrogen) atoms. The van der Waals surface area contributed by atoms with Gasteiger partial charge in [-0.2, -0.15) is 0 Å². The highest BCUT2D eigenvalue weighted by molar-refractivity contribution is 5.69. The first-order valence-electron chi connectivity index (χ1n) is 6.59. The fraction of sp³-hybridized carbons (Fsp3) is 0.923. The Morgan fingerprint density at radius 2 is 2.22 bits per heavy atom. The smallest absolute Gasteiger partial charge is 0.410 e. The second-order valence-electron chi connectivity index (χ2n) is 6.59. The Morgan fingerprint density at radius 1 is 1.50 bits per heavy atom. The zero-order valence-electron chi connectivity index (χ0n) is 11.2. The third-order valence-electron chi connectivity index (χ3n) is 4.33. The van der Waals surface area contributed by atoms with Crippen molar-refractivity contribution in [3.63, 3.8) is 0 Å². The van der Waals surface area contributed by atoms with Gasteiger partial charge in [0.25, 0.3) is 0 Å². The number of fused-ring (bicyclic) bond motifs is 1. The van der Waals surface area contributed by atoms with Crippen LogP contribution in [0.15, 0.2) is 0 Å². The highest BCUT2D eigenvalue weighted by Crippen LogP contribution is 2.68. The Balaban J connectivity index is 1.67. The first kappa shape index (κ1) is 12.2. The molecule has 2 saturated heterocycles. The number of amides is 1. The number of carbonyl (C=O) groups is 1. The third kappa shape index (κ3) is 1.49. The summed E-state index contributed by atoms with van der Waals surface area (Å²) in [5.74, 6) is -0.0163.